The summed E-state index contributed by atoms with van der Waals surface area (Å²) in [6.45, 7) is 4.68. The maximum absolute atomic E-state index is 12.7. The van der Waals surface area contributed by atoms with E-state index in [-0.39, 0.29) is 31.2 Å². The molecule has 3 rings (SSSR count). The molecule has 2 aromatic carbocycles. The summed E-state index contributed by atoms with van der Waals surface area (Å²) < 4.78 is 10.8. The molecule has 2 amide bonds. The van der Waals surface area contributed by atoms with Crippen LogP contribution in [0, 0.1) is 5.92 Å². The van der Waals surface area contributed by atoms with Gasteiger partial charge in [-0.05, 0) is 24.0 Å². The van der Waals surface area contributed by atoms with E-state index < -0.39 is 12.2 Å². The maximum atomic E-state index is 12.7. The van der Waals surface area contributed by atoms with Crippen LogP contribution in [0.15, 0.2) is 72.8 Å². The fourth-order valence-electron chi connectivity index (χ4n) is 3.25. The molecule has 0 saturated heterocycles. The Morgan fingerprint density at radius 2 is 1.47 bits per heavy atom. The quantitative estimate of drug-likeness (QED) is 0.739. The molecule has 0 saturated carbocycles. The number of nitrogens with one attached hydrogen (secondary N) is 1. The van der Waals surface area contributed by atoms with Gasteiger partial charge in [-0.25, -0.2) is 9.59 Å². The lowest BCUT2D eigenvalue weighted by molar-refractivity contribution is 0.0829. The molecule has 6 heteroatoms. The van der Waals surface area contributed by atoms with E-state index >= 15 is 0 Å². The van der Waals surface area contributed by atoms with Gasteiger partial charge >= 0.3 is 12.2 Å². The molecule has 0 aromatic heterocycles. The number of alkyl carbamates (subject to hydrolysis) is 1. The molecule has 1 heterocycles. The fraction of sp³-hybridized carbons (Fsp3) is 0.333. The van der Waals surface area contributed by atoms with Crippen molar-refractivity contribution < 1.29 is 19.1 Å². The first-order chi connectivity index (χ1) is 14.5. The molecule has 1 aliphatic heterocycles. The van der Waals surface area contributed by atoms with E-state index in [1.54, 1.807) is 4.90 Å². The van der Waals surface area contributed by atoms with Crippen LogP contribution in [-0.4, -0.2) is 35.7 Å². The molecule has 0 unspecified atom stereocenters. The number of amides is 2. The minimum atomic E-state index is -0.503. The number of carbonyl (C=O) groups excluding carboxylic acids is 2. The zero-order valence-corrected chi connectivity index (χ0v) is 17.4. The standard InChI is InChI=1S/C24H28N2O4/c1-18-13-14-19(2)26(24(28)30-17-21-11-7-4-8-12-21)15-22(18)25-23(27)29-16-20-9-5-3-6-10-20/h3-14,18-19,22H,15-17H2,1-2H3,(H,25,27)/t18-,19-,22-/m1/s1. The van der Waals surface area contributed by atoms with Crippen LogP contribution in [0.3, 0.4) is 0 Å². The largest absolute Gasteiger partial charge is 0.445 e. The van der Waals surface area contributed by atoms with Gasteiger partial charge in [-0.1, -0.05) is 79.7 Å². The van der Waals surface area contributed by atoms with Crippen molar-refractivity contribution in [2.45, 2.75) is 39.1 Å². The molecule has 3 atom stereocenters. The van der Waals surface area contributed by atoms with Crippen LogP contribution in [0.2, 0.25) is 0 Å². The Bertz CT molecular complexity index is 854. The molecule has 0 spiro atoms. The molecular weight excluding hydrogens is 380 g/mol. The van der Waals surface area contributed by atoms with Crippen molar-refractivity contribution in [3.05, 3.63) is 83.9 Å². The van der Waals surface area contributed by atoms with Gasteiger partial charge in [-0.15, -0.1) is 0 Å². The van der Waals surface area contributed by atoms with Gasteiger partial charge in [0, 0.05) is 6.54 Å². The van der Waals surface area contributed by atoms with Gasteiger partial charge in [-0.2, -0.15) is 0 Å². The topological polar surface area (TPSA) is 67.9 Å². The number of hydrogen-bond acceptors (Lipinski definition) is 4. The van der Waals surface area contributed by atoms with Crippen LogP contribution in [0.25, 0.3) is 0 Å². The Kier molecular flexibility index (Phi) is 7.49. The summed E-state index contributed by atoms with van der Waals surface area (Å²) in [5.41, 5.74) is 1.84. The third-order valence-corrected chi connectivity index (χ3v) is 5.17. The highest BCUT2D eigenvalue weighted by atomic mass is 16.6. The monoisotopic (exact) mass is 408 g/mol. The van der Waals surface area contributed by atoms with E-state index in [1.165, 1.54) is 0 Å². The van der Waals surface area contributed by atoms with Gasteiger partial charge in [0.25, 0.3) is 0 Å². The van der Waals surface area contributed by atoms with Crippen LogP contribution < -0.4 is 5.32 Å². The number of hydrogen-bond donors (Lipinski definition) is 1. The molecule has 2 aromatic rings. The molecule has 6 nitrogen and oxygen atoms in total. The Morgan fingerprint density at radius 3 is 2.07 bits per heavy atom. The molecule has 158 valence electrons. The molecular formula is C24H28N2O4. The molecule has 1 N–H and O–H groups in total. The van der Waals surface area contributed by atoms with Gasteiger partial charge in [-0.3, -0.25) is 4.90 Å². The summed E-state index contributed by atoms with van der Waals surface area (Å²) in [6, 6.07) is 18.6. The first kappa shape index (κ1) is 21.4. The summed E-state index contributed by atoms with van der Waals surface area (Å²) >= 11 is 0. The predicted molar refractivity (Wildman–Crippen MR) is 115 cm³/mol. The Balaban J connectivity index is 1.57. The summed E-state index contributed by atoms with van der Waals surface area (Å²) in [5, 5.41) is 2.90. The molecule has 0 aliphatic carbocycles. The molecule has 0 fully saturated rings. The van der Waals surface area contributed by atoms with Gasteiger partial charge in [0.05, 0.1) is 12.1 Å². The Hall–Kier alpha value is -3.28. The minimum absolute atomic E-state index is 0.0450. The van der Waals surface area contributed by atoms with E-state index in [0.29, 0.717) is 6.54 Å². The first-order valence-electron chi connectivity index (χ1n) is 10.2. The highest BCUT2D eigenvalue weighted by molar-refractivity contribution is 5.70. The second-order valence-corrected chi connectivity index (χ2v) is 7.49. The highest BCUT2D eigenvalue weighted by Gasteiger charge is 2.30. The molecule has 1 aliphatic rings. The second kappa shape index (κ2) is 10.5. The van der Waals surface area contributed by atoms with Gasteiger partial charge in [0.15, 0.2) is 0 Å². The average molecular weight is 408 g/mol. The number of carbonyl (C=O) groups is 2. The summed E-state index contributed by atoms with van der Waals surface area (Å²) in [5.74, 6) is 0.0450. The van der Waals surface area contributed by atoms with Crippen molar-refractivity contribution in [3.63, 3.8) is 0 Å². The van der Waals surface area contributed by atoms with E-state index in [9.17, 15) is 9.59 Å². The smallest absolute Gasteiger partial charge is 0.410 e. The Morgan fingerprint density at radius 1 is 0.900 bits per heavy atom. The number of rotatable bonds is 5. The van der Waals surface area contributed by atoms with Crippen LogP contribution >= 0.6 is 0 Å². The average Bonchev–Trinajstić information content (AvgIpc) is 2.91. The highest BCUT2D eigenvalue weighted by Crippen LogP contribution is 2.18. The summed E-state index contributed by atoms with van der Waals surface area (Å²) in [7, 11) is 0. The third kappa shape index (κ3) is 6.11. The lowest BCUT2D eigenvalue weighted by Gasteiger charge is -2.30. The number of ether oxygens (including phenoxy) is 2. The van der Waals surface area contributed by atoms with Gasteiger partial charge in [0.1, 0.15) is 13.2 Å². The lowest BCUT2D eigenvalue weighted by atomic mass is 10.0. The third-order valence-electron chi connectivity index (χ3n) is 5.17. The maximum Gasteiger partial charge on any atom is 0.410 e. The number of nitrogens with zero attached hydrogens (tertiary/aromatic N) is 1. The predicted octanol–water partition coefficient (Wildman–Crippen LogP) is 4.51. The van der Waals surface area contributed by atoms with E-state index in [1.807, 2.05) is 86.7 Å². The van der Waals surface area contributed by atoms with E-state index in [4.69, 9.17) is 9.47 Å². The second-order valence-electron chi connectivity index (χ2n) is 7.49. The zero-order chi connectivity index (χ0) is 21.3. The molecule has 0 radical (unpaired) electrons. The van der Waals surface area contributed by atoms with Crippen molar-refractivity contribution in [2.75, 3.05) is 6.54 Å². The van der Waals surface area contributed by atoms with E-state index in [2.05, 4.69) is 5.32 Å². The lowest BCUT2D eigenvalue weighted by Crippen LogP contribution is -2.49. The Labute approximate surface area is 177 Å². The van der Waals surface area contributed by atoms with Gasteiger partial charge < -0.3 is 14.8 Å². The minimum Gasteiger partial charge on any atom is -0.445 e. The first-order valence-corrected chi connectivity index (χ1v) is 10.2. The van der Waals surface area contributed by atoms with Crippen LogP contribution in [-0.2, 0) is 22.7 Å². The SMILES string of the molecule is C[C@@H]1C=C[C@@H](C)N(C(=O)OCc2ccccc2)C[C@H]1NC(=O)OCc1ccccc1. The number of benzene rings is 2. The van der Waals surface area contributed by atoms with Gasteiger partial charge in [0.2, 0.25) is 0 Å². The van der Waals surface area contributed by atoms with Crippen molar-refractivity contribution in [1.29, 1.82) is 0 Å². The fourth-order valence-corrected chi connectivity index (χ4v) is 3.25. The zero-order valence-electron chi connectivity index (χ0n) is 17.4. The molecule has 0 bridgehead atoms. The van der Waals surface area contributed by atoms with Crippen LogP contribution in [0.5, 0.6) is 0 Å². The van der Waals surface area contributed by atoms with Crippen LogP contribution in [0.4, 0.5) is 9.59 Å². The van der Waals surface area contributed by atoms with Crippen molar-refractivity contribution >= 4 is 12.2 Å². The van der Waals surface area contributed by atoms with Crippen LogP contribution in [0.1, 0.15) is 25.0 Å². The van der Waals surface area contributed by atoms with Crippen molar-refractivity contribution in [3.8, 4) is 0 Å². The summed E-state index contributed by atoms with van der Waals surface area (Å²) in [6.07, 6.45) is 3.06. The normalized spacial score (nSPS) is 20.9. The van der Waals surface area contributed by atoms with E-state index in [0.717, 1.165) is 11.1 Å². The molecule has 30 heavy (non-hydrogen) atoms. The van der Waals surface area contributed by atoms with Crippen molar-refractivity contribution in [2.24, 2.45) is 5.92 Å². The summed E-state index contributed by atoms with van der Waals surface area (Å²) in [4.78, 5) is 26.7. The van der Waals surface area contributed by atoms with Crippen molar-refractivity contribution in [1.82, 2.24) is 10.2 Å².